The maximum atomic E-state index is 8.90. The van der Waals surface area contributed by atoms with Crippen molar-refractivity contribution in [3.63, 3.8) is 0 Å². The summed E-state index contributed by atoms with van der Waals surface area (Å²) in [6, 6.07) is 7.78. The Balaban J connectivity index is 1.85. The van der Waals surface area contributed by atoms with Gasteiger partial charge in [-0.05, 0) is 43.5 Å². The summed E-state index contributed by atoms with van der Waals surface area (Å²) in [5.41, 5.74) is 4.01. The Labute approximate surface area is 121 Å². The van der Waals surface area contributed by atoms with Gasteiger partial charge in [-0.25, -0.2) is 0 Å². The van der Waals surface area contributed by atoms with Crippen LogP contribution in [0, 0.1) is 18.3 Å². The smallest absolute Gasteiger partial charge is 0.0992 e. The SMILES string of the molecule is Cc1[nH]ncc1CCCNc1cc(Br)cc(C#N)c1. The molecule has 0 fully saturated rings. The first-order valence-corrected chi connectivity index (χ1v) is 6.92. The Bertz CT molecular complexity index is 598. The molecule has 5 heteroatoms. The topological polar surface area (TPSA) is 64.5 Å². The number of hydrogen-bond acceptors (Lipinski definition) is 3. The van der Waals surface area contributed by atoms with Gasteiger partial charge in [-0.1, -0.05) is 15.9 Å². The zero-order valence-corrected chi connectivity index (χ0v) is 12.3. The van der Waals surface area contributed by atoms with E-state index in [1.807, 2.05) is 25.3 Å². The monoisotopic (exact) mass is 318 g/mol. The Morgan fingerprint density at radius 3 is 2.95 bits per heavy atom. The van der Waals surface area contributed by atoms with Gasteiger partial charge in [0.25, 0.3) is 0 Å². The summed E-state index contributed by atoms with van der Waals surface area (Å²) < 4.78 is 0.916. The van der Waals surface area contributed by atoms with Crippen LogP contribution in [0.3, 0.4) is 0 Å². The highest BCUT2D eigenvalue weighted by atomic mass is 79.9. The van der Waals surface area contributed by atoms with Crippen molar-refractivity contribution in [2.45, 2.75) is 19.8 Å². The van der Waals surface area contributed by atoms with E-state index in [2.05, 4.69) is 37.5 Å². The van der Waals surface area contributed by atoms with E-state index in [0.29, 0.717) is 5.56 Å². The van der Waals surface area contributed by atoms with Crippen LogP contribution in [0.4, 0.5) is 5.69 Å². The Kier molecular flexibility index (Phi) is 4.58. The van der Waals surface area contributed by atoms with E-state index in [1.165, 1.54) is 5.56 Å². The molecule has 0 atom stereocenters. The van der Waals surface area contributed by atoms with Gasteiger partial charge in [0, 0.05) is 22.4 Å². The molecular weight excluding hydrogens is 304 g/mol. The second-order valence-electron chi connectivity index (χ2n) is 4.39. The van der Waals surface area contributed by atoms with Gasteiger partial charge in [0.1, 0.15) is 0 Å². The van der Waals surface area contributed by atoms with Crippen molar-refractivity contribution in [2.24, 2.45) is 0 Å². The number of nitrogens with one attached hydrogen (secondary N) is 2. The Hall–Kier alpha value is -1.80. The number of aryl methyl sites for hydroxylation is 2. The minimum Gasteiger partial charge on any atom is -0.385 e. The highest BCUT2D eigenvalue weighted by molar-refractivity contribution is 9.10. The van der Waals surface area contributed by atoms with Crippen LogP contribution < -0.4 is 5.32 Å². The molecule has 19 heavy (non-hydrogen) atoms. The van der Waals surface area contributed by atoms with Gasteiger partial charge in [0.15, 0.2) is 0 Å². The number of anilines is 1. The lowest BCUT2D eigenvalue weighted by Crippen LogP contribution is -2.03. The zero-order chi connectivity index (χ0) is 13.7. The van der Waals surface area contributed by atoms with Crippen LogP contribution in [0.1, 0.15) is 23.2 Å². The van der Waals surface area contributed by atoms with Gasteiger partial charge >= 0.3 is 0 Å². The second kappa shape index (κ2) is 6.39. The summed E-state index contributed by atoms with van der Waals surface area (Å²) in [4.78, 5) is 0. The van der Waals surface area contributed by atoms with E-state index in [-0.39, 0.29) is 0 Å². The summed E-state index contributed by atoms with van der Waals surface area (Å²) in [5, 5.41) is 19.2. The highest BCUT2D eigenvalue weighted by Crippen LogP contribution is 2.19. The van der Waals surface area contributed by atoms with Gasteiger partial charge < -0.3 is 5.32 Å². The largest absolute Gasteiger partial charge is 0.385 e. The third kappa shape index (κ3) is 3.83. The first-order chi connectivity index (χ1) is 9.19. The molecule has 4 nitrogen and oxygen atoms in total. The van der Waals surface area contributed by atoms with Gasteiger partial charge in [-0.2, -0.15) is 10.4 Å². The summed E-state index contributed by atoms with van der Waals surface area (Å²) in [7, 11) is 0. The van der Waals surface area contributed by atoms with Gasteiger partial charge in [-0.15, -0.1) is 0 Å². The summed E-state index contributed by atoms with van der Waals surface area (Å²) >= 11 is 3.40. The second-order valence-corrected chi connectivity index (χ2v) is 5.31. The maximum Gasteiger partial charge on any atom is 0.0992 e. The van der Waals surface area contributed by atoms with Crippen molar-refractivity contribution >= 4 is 21.6 Å². The molecule has 0 aliphatic carbocycles. The highest BCUT2D eigenvalue weighted by Gasteiger charge is 2.01. The summed E-state index contributed by atoms with van der Waals surface area (Å²) in [6.07, 6.45) is 3.89. The minimum absolute atomic E-state index is 0.655. The molecule has 1 heterocycles. The lowest BCUT2D eigenvalue weighted by molar-refractivity contribution is 0.857. The van der Waals surface area contributed by atoms with Crippen molar-refractivity contribution in [2.75, 3.05) is 11.9 Å². The summed E-state index contributed by atoms with van der Waals surface area (Å²) in [6.45, 7) is 2.90. The molecule has 0 aliphatic rings. The number of nitrogens with zero attached hydrogens (tertiary/aromatic N) is 2. The quantitative estimate of drug-likeness (QED) is 0.830. The van der Waals surface area contributed by atoms with E-state index in [0.717, 1.165) is 35.2 Å². The fourth-order valence-electron chi connectivity index (χ4n) is 1.90. The lowest BCUT2D eigenvalue weighted by Gasteiger charge is -2.07. The van der Waals surface area contributed by atoms with E-state index in [4.69, 9.17) is 5.26 Å². The predicted octanol–water partition coefficient (Wildman–Crippen LogP) is 3.40. The maximum absolute atomic E-state index is 8.90. The average molecular weight is 319 g/mol. The lowest BCUT2D eigenvalue weighted by atomic mass is 10.1. The molecule has 0 unspecified atom stereocenters. The third-order valence-electron chi connectivity index (χ3n) is 2.91. The van der Waals surface area contributed by atoms with Crippen molar-refractivity contribution < 1.29 is 0 Å². The zero-order valence-electron chi connectivity index (χ0n) is 10.7. The summed E-state index contributed by atoms with van der Waals surface area (Å²) in [5.74, 6) is 0. The predicted molar refractivity (Wildman–Crippen MR) is 79.0 cm³/mol. The number of H-pyrrole nitrogens is 1. The molecule has 0 bridgehead atoms. The van der Waals surface area contributed by atoms with E-state index in [1.54, 1.807) is 6.07 Å². The van der Waals surface area contributed by atoms with E-state index in [9.17, 15) is 0 Å². The molecule has 98 valence electrons. The van der Waals surface area contributed by atoms with Crippen LogP contribution in [-0.2, 0) is 6.42 Å². The standard InChI is InChI=1S/C14H15BrN4/c1-10-12(9-18-19-10)3-2-4-17-14-6-11(8-16)5-13(15)7-14/h5-7,9,17H,2-4H2,1H3,(H,18,19). The van der Waals surface area contributed by atoms with Crippen LogP contribution >= 0.6 is 15.9 Å². The first kappa shape index (κ1) is 13.6. The minimum atomic E-state index is 0.655. The Morgan fingerprint density at radius 2 is 2.26 bits per heavy atom. The van der Waals surface area contributed by atoms with Crippen molar-refractivity contribution in [3.8, 4) is 6.07 Å². The van der Waals surface area contributed by atoms with Crippen LogP contribution in [0.15, 0.2) is 28.9 Å². The third-order valence-corrected chi connectivity index (χ3v) is 3.37. The molecule has 2 rings (SSSR count). The molecule has 2 N–H and O–H groups in total. The van der Waals surface area contributed by atoms with Gasteiger partial charge in [-0.3, -0.25) is 5.10 Å². The van der Waals surface area contributed by atoms with Crippen molar-refractivity contribution in [3.05, 3.63) is 45.7 Å². The molecule has 0 saturated carbocycles. The number of rotatable bonds is 5. The van der Waals surface area contributed by atoms with Crippen molar-refractivity contribution in [1.29, 1.82) is 5.26 Å². The van der Waals surface area contributed by atoms with Gasteiger partial charge in [0.2, 0.25) is 0 Å². The molecule has 2 aromatic rings. The fourth-order valence-corrected chi connectivity index (χ4v) is 2.39. The molecule has 0 radical (unpaired) electrons. The number of halogens is 1. The number of aromatic nitrogens is 2. The number of hydrogen-bond donors (Lipinski definition) is 2. The van der Waals surface area contributed by atoms with Crippen LogP contribution in [0.25, 0.3) is 0 Å². The van der Waals surface area contributed by atoms with E-state index < -0.39 is 0 Å². The normalized spacial score (nSPS) is 10.2. The van der Waals surface area contributed by atoms with Crippen LogP contribution in [0.2, 0.25) is 0 Å². The molecular formula is C14H15BrN4. The molecule has 0 aliphatic heterocycles. The van der Waals surface area contributed by atoms with Crippen molar-refractivity contribution in [1.82, 2.24) is 10.2 Å². The first-order valence-electron chi connectivity index (χ1n) is 6.12. The molecule has 0 saturated heterocycles. The molecule has 1 aromatic carbocycles. The molecule has 0 spiro atoms. The number of benzene rings is 1. The average Bonchev–Trinajstić information content (AvgIpc) is 2.80. The molecule has 0 amide bonds. The van der Waals surface area contributed by atoms with Crippen LogP contribution in [0.5, 0.6) is 0 Å². The molecule has 1 aromatic heterocycles. The van der Waals surface area contributed by atoms with Gasteiger partial charge in [0.05, 0.1) is 17.8 Å². The number of aromatic amines is 1. The number of nitriles is 1. The van der Waals surface area contributed by atoms with E-state index >= 15 is 0 Å². The fraction of sp³-hybridized carbons (Fsp3) is 0.286. The van der Waals surface area contributed by atoms with Crippen LogP contribution in [-0.4, -0.2) is 16.7 Å². The Morgan fingerprint density at radius 1 is 1.42 bits per heavy atom.